The van der Waals surface area contributed by atoms with Crippen LogP contribution in [0.4, 0.5) is 0 Å². The summed E-state index contributed by atoms with van der Waals surface area (Å²) in [7, 11) is 0. The van der Waals surface area contributed by atoms with Crippen LogP contribution in [0.5, 0.6) is 0 Å². The highest BCUT2D eigenvalue weighted by Gasteiger charge is 2.24. The normalized spacial score (nSPS) is 30.9. The third-order valence-electron chi connectivity index (χ3n) is 2.49. The average Bonchev–Trinajstić information content (AvgIpc) is 2.05. The van der Waals surface area contributed by atoms with Gasteiger partial charge in [0.05, 0.1) is 0 Å². The van der Waals surface area contributed by atoms with Crippen molar-refractivity contribution in [3.63, 3.8) is 0 Å². The van der Waals surface area contributed by atoms with Crippen molar-refractivity contribution in [1.82, 2.24) is 0 Å². The van der Waals surface area contributed by atoms with Gasteiger partial charge in [-0.2, -0.15) is 0 Å². The van der Waals surface area contributed by atoms with E-state index >= 15 is 0 Å². The first-order chi connectivity index (χ1) is 5.29. The number of carbonyl (C=O) groups excluding carboxylic acids is 1. The average molecular weight is 152 g/mol. The Morgan fingerprint density at radius 3 is 2.73 bits per heavy atom. The van der Waals surface area contributed by atoms with Gasteiger partial charge in [0.1, 0.15) is 5.78 Å². The highest BCUT2D eigenvalue weighted by Crippen LogP contribution is 2.23. The van der Waals surface area contributed by atoms with Gasteiger partial charge in [0.2, 0.25) is 0 Å². The zero-order valence-corrected chi connectivity index (χ0v) is 7.34. The van der Waals surface area contributed by atoms with E-state index in [4.69, 9.17) is 0 Å². The molecule has 0 N–H and O–H groups in total. The lowest BCUT2D eigenvalue weighted by Crippen LogP contribution is -2.24. The third-order valence-corrected chi connectivity index (χ3v) is 2.49. The molecule has 0 bridgehead atoms. The molecule has 0 amide bonds. The molecule has 0 aromatic carbocycles. The van der Waals surface area contributed by atoms with Crippen LogP contribution in [0.15, 0.2) is 12.2 Å². The first kappa shape index (κ1) is 8.51. The first-order valence-corrected chi connectivity index (χ1v) is 4.50. The van der Waals surface area contributed by atoms with Crippen LogP contribution in [0.1, 0.15) is 33.1 Å². The Balaban J connectivity index is 2.65. The highest BCUT2D eigenvalue weighted by atomic mass is 16.1. The fourth-order valence-corrected chi connectivity index (χ4v) is 1.63. The van der Waals surface area contributed by atoms with Gasteiger partial charge in [-0.05, 0) is 19.3 Å². The summed E-state index contributed by atoms with van der Waals surface area (Å²) in [5, 5.41) is 0. The Morgan fingerprint density at radius 1 is 1.45 bits per heavy atom. The van der Waals surface area contributed by atoms with Gasteiger partial charge in [-0.1, -0.05) is 26.0 Å². The largest absolute Gasteiger partial charge is 0.299 e. The number of hydrogen-bond acceptors (Lipinski definition) is 1. The highest BCUT2D eigenvalue weighted by molar-refractivity contribution is 5.86. The van der Waals surface area contributed by atoms with E-state index in [0.29, 0.717) is 11.7 Å². The van der Waals surface area contributed by atoms with Crippen LogP contribution in [0, 0.1) is 11.8 Å². The minimum absolute atomic E-state index is 0.216. The Hall–Kier alpha value is -0.590. The molecule has 0 aromatic heterocycles. The van der Waals surface area contributed by atoms with Crippen LogP contribution in [-0.4, -0.2) is 5.78 Å². The van der Waals surface area contributed by atoms with E-state index < -0.39 is 0 Å². The van der Waals surface area contributed by atoms with Crippen molar-refractivity contribution in [3.05, 3.63) is 12.2 Å². The molecule has 1 aliphatic rings. The number of carbonyl (C=O) groups is 1. The van der Waals surface area contributed by atoms with Crippen molar-refractivity contribution in [2.24, 2.45) is 11.8 Å². The van der Waals surface area contributed by atoms with E-state index in [0.717, 1.165) is 19.3 Å². The third kappa shape index (κ3) is 1.70. The van der Waals surface area contributed by atoms with Gasteiger partial charge in [-0.25, -0.2) is 0 Å². The summed E-state index contributed by atoms with van der Waals surface area (Å²) in [6.45, 7) is 4.17. The summed E-state index contributed by atoms with van der Waals surface area (Å²) in [5.41, 5.74) is 0. The molecule has 0 spiro atoms. The number of allylic oxidation sites excluding steroid dienone is 2. The molecule has 2 atom stereocenters. The Labute approximate surface area is 68.5 Å². The maximum Gasteiger partial charge on any atom is 0.143 e. The van der Waals surface area contributed by atoms with E-state index in [1.54, 1.807) is 0 Å². The summed E-state index contributed by atoms with van der Waals surface area (Å²) in [6.07, 6.45) is 7.15. The summed E-state index contributed by atoms with van der Waals surface area (Å²) < 4.78 is 0. The monoisotopic (exact) mass is 152 g/mol. The molecule has 0 saturated heterocycles. The maximum atomic E-state index is 11.5. The minimum atomic E-state index is 0.216. The first-order valence-electron chi connectivity index (χ1n) is 4.50. The molecular formula is C10H16O. The van der Waals surface area contributed by atoms with Gasteiger partial charge in [0.25, 0.3) is 0 Å². The van der Waals surface area contributed by atoms with Crippen molar-refractivity contribution in [3.8, 4) is 0 Å². The molecule has 1 nitrogen and oxygen atoms in total. The fourth-order valence-electron chi connectivity index (χ4n) is 1.63. The van der Waals surface area contributed by atoms with Crippen molar-refractivity contribution in [1.29, 1.82) is 0 Å². The lowest BCUT2D eigenvalue weighted by atomic mass is 9.82. The topological polar surface area (TPSA) is 17.1 Å². The van der Waals surface area contributed by atoms with Gasteiger partial charge in [-0.3, -0.25) is 4.79 Å². The number of ketones is 1. The lowest BCUT2D eigenvalue weighted by molar-refractivity contribution is -0.125. The van der Waals surface area contributed by atoms with E-state index in [1.807, 2.05) is 0 Å². The fraction of sp³-hybridized carbons (Fsp3) is 0.700. The minimum Gasteiger partial charge on any atom is -0.299 e. The zero-order valence-electron chi connectivity index (χ0n) is 7.34. The number of Topliss-reactive ketones (excluding diaryl/α,β-unsaturated/α-hetero) is 1. The number of hydrogen-bond donors (Lipinski definition) is 0. The molecule has 0 heterocycles. The Bertz CT molecular complexity index is 170. The summed E-state index contributed by atoms with van der Waals surface area (Å²) in [5.74, 6) is 0.983. The smallest absolute Gasteiger partial charge is 0.143 e. The van der Waals surface area contributed by atoms with E-state index in [9.17, 15) is 4.79 Å². The standard InChI is InChI=1S/C10H16O/c1-3-8-6-5-7-9(4-2)10(8)11/h5-6,8-9H,3-4,7H2,1-2H3. The molecule has 0 aliphatic heterocycles. The Kier molecular flexibility index (Phi) is 2.86. The van der Waals surface area contributed by atoms with Crippen molar-refractivity contribution in [2.45, 2.75) is 33.1 Å². The number of rotatable bonds is 2. The maximum absolute atomic E-state index is 11.5. The summed E-state index contributed by atoms with van der Waals surface area (Å²) >= 11 is 0. The molecule has 0 fully saturated rings. The molecule has 1 heteroatoms. The second-order valence-corrected chi connectivity index (χ2v) is 3.19. The lowest BCUT2D eigenvalue weighted by Gasteiger charge is -2.20. The van der Waals surface area contributed by atoms with E-state index in [1.165, 1.54) is 0 Å². The predicted octanol–water partition coefficient (Wildman–Crippen LogP) is 2.57. The van der Waals surface area contributed by atoms with Gasteiger partial charge < -0.3 is 0 Å². The van der Waals surface area contributed by atoms with Crippen LogP contribution in [-0.2, 0) is 4.79 Å². The van der Waals surface area contributed by atoms with Crippen LogP contribution in [0.2, 0.25) is 0 Å². The van der Waals surface area contributed by atoms with Crippen LogP contribution >= 0.6 is 0 Å². The van der Waals surface area contributed by atoms with Gasteiger partial charge in [-0.15, -0.1) is 0 Å². The van der Waals surface area contributed by atoms with Crippen molar-refractivity contribution in [2.75, 3.05) is 0 Å². The van der Waals surface area contributed by atoms with Crippen molar-refractivity contribution >= 4 is 5.78 Å². The van der Waals surface area contributed by atoms with Crippen molar-refractivity contribution < 1.29 is 4.79 Å². The van der Waals surface area contributed by atoms with E-state index in [2.05, 4.69) is 26.0 Å². The second kappa shape index (κ2) is 3.70. The molecule has 0 radical (unpaired) electrons. The van der Waals surface area contributed by atoms with E-state index in [-0.39, 0.29) is 5.92 Å². The van der Waals surface area contributed by atoms with Gasteiger partial charge in [0, 0.05) is 11.8 Å². The SMILES string of the molecule is CCC1C=CCC(CC)C1=O. The molecule has 2 unspecified atom stereocenters. The van der Waals surface area contributed by atoms with Crippen LogP contribution < -0.4 is 0 Å². The summed E-state index contributed by atoms with van der Waals surface area (Å²) in [6, 6.07) is 0. The molecule has 0 aromatic rings. The molecule has 1 aliphatic carbocycles. The van der Waals surface area contributed by atoms with Crippen LogP contribution in [0.25, 0.3) is 0 Å². The molecule has 11 heavy (non-hydrogen) atoms. The van der Waals surface area contributed by atoms with Gasteiger partial charge >= 0.3 is 0 Å². The van der Waals surface area contributed by atoms with Gasteiger partial charge in [0.15, 0.2) is 0 Å². The second-order valence-electron chi connectivity index (χ2n) is 3.19. The summed E-state index contributed by atoms with van der Waals surface area (Å²) in [4.78, 5) is 11.5. The molecule has 62 valence electrons. The molecular weight excluding hydrogens is 136 g/mol. The predicted molar refractivity (Wildman–Crippen MR) is 46.3 cm³/mol. The molecule has 1 rings (SSSR count). The quantitative estimate of drug-likeness (QED) is 0.556. The van der Waals surface area contributed by atoms with Crippen LogP contribution in [0.3, 0.4) is 0 Å². The molecule has 0 saturated carbocycles. The Morgan fingerprint density at radius 2 is 2.18 bits per heavy atom. The zero-order chi connectivity index (χ0) is 8.27.